The number of rotatable bonds is 7. The zero-order chi connectivity index (χ0) is 19.2. The Kier molecular flexibility index (Phi) is 6.20. The smallest absolute Gasteiger partial charge is 0.262 e. The fourth-order valence-electron chi connectivity index (χ4n) is 2.60. The van der Waals surface area contributed by atoms with Crippen LogP contribution in [-0.4, -0.2) is 19.1 Å². The van der Waals surface area contributed by atoms with Crippen molar-refractivity contribution < 1.29 is 9.53 Å². The quantitative estimate of drug-likeness (QED) is 0.438. The number of carbonyl (C=O) groups excluding carboxylic acids is 1. The Morgan fingerprint density at radius 3 is 2.67 bits per heavy atom. The van der Waals surface area contributed by atoms with Gasteiger partial charge in [0.1, 0.15) is 17.4 Å². The van der Waals surface area contributed by atoms with Gasteiger partial charge in [-0.15, -0.1) is 11.8 Å². The number of hydrogen-bond acceptors (Lipinski definition) is 4. The van der Waals surface area contributed by atoms with Gasteiger partial charge in [-0.3, -0.25) is 4.79 Å². The summed E-state index contributed by atoms with van der Waals surface area (Å²) in [7, 11) is 1.65. The first-order chi connectivity index (χ1) is 13.1. The van der Waals surface area contributed by atoms with Crippen LogP contribution in [0.3, 0.4) is 0 Å². The molecule has 0 saturated heterocycles. The van der Waals surface area contributed by atoms with Crippen LogP contribution in [0.25, 0.3) is 6.08 Å². The summed E-state index contributed by atoms with van der Waals surface area (Å²) in [5.74, 6) is 1.24. The van der Waals surface area contributed by atoms with E-state index >= 15 is 0 Å². The molecule has 0 aliphatic heterocycles. The third kappa shape index (κ3) is 5.38. The third-order valence-electron chi connectivity index (χ3n) is 4.31. The second-order valence-corrected chi connectivity index (χ2v) is 7.64. The minimum atomic E-state index is -0.300. The lowest BCUT2D eigenvalue weighted by Gasteiger charge is -2.10. The molecule has 1 N–H and O–H groups in total. The summed E-state index contributed by atoms with van der Waals surface area (Å²) >= 11 is 1.72. The number of aryl methyl sites for hydroxylation is 1. The maximum Gasteiger partial charge on any atom is 0.262 e. The van der Waals surface area contributed by atoms with Crippen molar-refractivity contribution in [2.45, 2.75) is 36.5 Å². The minimum absolute atomic E-state index is 0.129. The van der Waals surface area contributed by atoms with Crippen molar-refractivity contribution in [1.29, 1.82) is 5.26 Å². The first-order valence-corrected chi connectivity index (χ1v) is 9.86. The molecule has 2 aromatic carbocycles. The van der Waals surface area contributed by atoms with Crippen LogP contribution in [0.1, 0.15) is 29.5 Å². The van der Waals surface area contributed by atoms with Crippen molar-refractivity contribution in [1.82, 2.24) is 5.32 Å². The largest absolute Gasteiger partial charge is 0.496 e. The first-order valence-electron chi connectivity index (χ1n) is 8.88. The molecule has 2 aromatic rings. The number of methoxy groups -OCH3 is 1. The molecule has 1 amide bonds. The molecule has 3 rings (SSSR count). The number of hydrogen-bond donors (Lipinski definition) is 1. The standard InChI is InChI=1S/C22H22N2O2S/c1-15-3-8-20(9-4-15)27-14-18-12-16(5-10-21(18)26-2)11-17(13-23)22(25)24-19-6-7-19/h3-5,8-12,19H,6-7,14H2,1-2H3,(H,24,25)/b17-11+. The van der Waals surface area contributed by atoms with E-state index in [0.717, 1.165) is 35.5 Å². The van der Waals surface area contributed by atoms with Crippen LogP contribution >= 0.6 is 11.8 Å². The number of carbonyl (C=O) groups is 1. The zero-order valence-electron chi connectivity index (χ0n) is 15.5. The Labute approximate surface area is 164 Å². The van der Waals surface area contributed by atoms with Crippen molar-refractivity contribution in [3.63, 3.8) is 0 Å². The topological polar surface area (TPSA) is 62.1 Å². The van der Waals surface area contributed by atoms with Gasteiger partial charge in [-0.25, -0.2) is 0 Å². The van der Waals surface area contributed by atoms with Gasteiger partial charge in [0.15, 0.2) is 0 Å². The molecule has 0 radical (unpaired) electrons. The van der Waals surface area contributed by atoms with Gasteiger partial charge in [0, 0.05) is 22.3 Å². The highest BCUT2D eigenvalue weighted by atomic mass is 32.2. The summed E-state index contributed by atoms with van der Waals surface area (Å²) in [5.41, 5.74) is 3.20. The van der Waals surface area contributed by atoms with Gasteiger partial charge in [-0.2, -0.15) is 5.26 Å². The van der Waals surface area contributed by atoms with E-state index in [4.69, 9.17) is 4.74 Å². The van der Waals surface area contributed by atoms with Gasteiger partial charge in [-0.05, 0) is 55.7 Å². The summed E-state index contributed by atoms with van der Waals surface area (Å²) in [4.78, 5) is 13.3. The van der Waals surface area contributed by atoms with Crippen molar-refractivity contribution in [2.24, 2.45) is 0 Å². The average molecular weight is 378 g/mol. The van der Waals surface area contributed by atoms with Gasteiger partial charge in [-0.1, -0.05) is 23.8 Å². The maximum atomic E-state index is 12.1. The van der Waals surface area contributed by atoms with Crippen LogP contribution in [0.2, 0.25) is 0 Å². The molecule has 0 unspecified atom stereocenters. The van der Waals surface area contributed by atoms with Crippen LogP contribution in [-0.2, 0) is 10.5 Å². The second kappa shape index (κ2) is 8.79. The normalized spacial score (nSPS) is 13.7. The number of thioether (sulfide) groups is 1. The number of nitrogens with one attached hydrogen (secondary N) is 1. The molecule has 1 fully saturated rings. The highest BCUT2D eigenvalue weighted by molar-refractivity contribution is 7.98. The van der Waals surface area contributed by atoms with E-state index in [1.54, 1.807) is 24.9 Å². The molecule has 27 heavy (non-hydrogen) atoms. The SMILES string of the molecule is COc1ccc(/C=C(\C#N)C(=O)NC2CC2)cc1CSc1ccc(C)cc1. The van der Waals surface area contributed by atoms with Crippen LogP contribution in [0.5, 0.6) is 5.75 Å². The lowest BCUT2D eigenvalue weighted by molar-refractivity contribution is -0.117. The van der Waals surface area contributed by atoms with E-state index in [9.17, 15) is 10.1 Å². The molecule has 1 aliphatic carbocycles. The Bertz CT molecular complexity index is 894. The van der Waals surface area contributed by atoms with E-state index in [0.29, 0.717) is 0 Å². The van der Waals surface area contributed by atoms with Crippen LogP contribution in [0.15, 0.2) is 52.9 Å². The molecule has 1 aliphatic rings. The fraction of sp³-hybridized carbons (Fsp3) is 0.273. The zero-order valence-corrected chi connectivity index (χ0v) is 16.3. The summed E-state index contributed by atoms with van der Waals surface area (Å²) in [6, 6.07) is 16.3. The van der Waals surface area contributed by atoms with E-state index in [-0.39, 0.29) is 17.5 Å². The monoisotopic (exact) mass is 378 g/mol. The summed E-state index contributed by atoms with van der Waals surface area (Å²) < 4.78 is 5.47. The molecule has 5 heteroatoms. The minimum Gasteiger partial charge on any atom is -0.496 e. The molecule has 4 nitrogen and oxygen atoms in total. The molecule has 0 heterocycles. The van der Waals surface area contributed by atoms with Crippen LogP contribution < -0.4 is 10.1 Å². The predicted octanol–water partition coefficient (Wildman–Crippen LogP) is 4.48. The fourth-order valence-corrected chi connectivity index (χ4v) is 3.48. The Balaban J connectivity index is 1.77. The molecular weight excluding hydrogens is 356 g/mol. The summed E-state index contributed by atoms with van der Waals surface area (Å²) in [5, 5.41) is 12.2. The van der Waals surface area contributed by atoms with E-state index in [2.05, 4.69) is 36.5 Å². The van der Waals surface area contributed by atoms with Crippen LogP contribution in [0.4, 0.5) is 0 Å². The number of ether oxygens (including phenoxy) is 1. The molecule has 1 saturated carbocycles. The molecule has 0 atom stereocenters. The van der Waals surface area contributed by atoms with Gasteiger partial charge in [0.2, 0.25) is 0 Å². The highest BCUT2D eigenvalue weighted by Gasteiger charge is 2.24. The summed E-state index contributed by atoms with van der Waals surface area (Å²) in [6.07, 6.45) is 3.62. The third-order valence-corrected chi connectivity index (χ3v) is 5.37. The second-order valence-electron chi connectivity index (χ2n) is 6.59. The number of nitrogens with zero attached hydrogens (tertiary/aromatic N) is 1. The maximum absolute atomic E-state index is 12.1. The lowest BCUT2D eigenvalue weighted by Crippen LogP contribution is -2.26. The Hall–Kier alpha value is -2.71. The molecular formula is C22H22N2O2S. The lowest BCUT2D eigenvalue weighted by atomic mass is 10.1. The average Bonchev–Trinajstić information content (AvgIpc) is 3.49. The first kappa shape index (κ1) is 19.1. The van der Waals surface area contributed by atoms with Crippen molar-refractivity contribution in [3.8, 4) is 11.8 Å². The number of amides is 1. The molecule has 0 aromatic heterocycles. The Morgan fingerprint density at radius 2 is 2.04 bits per heavy atom. The number of benzene rings is 2. The van der Waals surface area contributed by atoms with Crippen molar-refractivity contribution in [2.75, 3.05) is 7.11 Å². The number of nitriles is 1. The summed E-state index contributed by atoms with van der Waals surface area (Å²) in [6.45, 7) is 2.07. The Morgan fingerprint density at radius 1 is 1.30 bits per heavy atom. The predicted molar refractivity (Wildman–Crippen MR) is 108 cm³/mol. The van der Waals surface area contributed by atoms with Gasteiger partial charge in [0.25, 0.3) is 5.91 Å². The molecule has 0 spiro atoms. The van der Waals surface area contributed by atoms with E-state index in [1.807, 2.05) is 24.3 Å². The van der Waals surface area contributed by atoms with Gasteiger partial charge >= 0.3 is 0 Å². The highest BCUT2D eigenvalue weighted by Crippen LogP contribution is 2.29. The van der Waals surface area contributed by atoms with Gasteiger partial charge < -0.3 is 10.1 Å². The molecule has 138 valence electrons. The van der Waals surface area contributed by atoms with Crippen LogP contribution in [0, 0.1) is 18.3 Å². The van der Waals surface area contributed by atoms with E-state index < -0.39 is 0 Å². The van der Waals surface area contributed by atoms with Crippen molar-refractivity contribution in [3.05, 3.63) is 64.7 Å². The van der Waals surface area contributed by atoms with E-state index in [1.165, 1.54) is 10.5 Å². The van der Waals surface area contributed by atoms with Crippen molar-refractivity contribution >= 4 is 23.7 Å². The molecule has 0 bridgehead atoms. The van der Waals surface area contributed by atoms with Gasteiger partial charge in [0.05, 0.1) is 7.11 Å².